The Morgan fingerprint density at radius 1 is 1.19 bits per heavy atom. The fraction of sp³-hybridized carbons (Fsp3) is 0.737. The Hall–Kier alpha value is -1.28. The van der Waals surface area contributed by atoms with Gasteiger partial charge in [0.05, 0.1) is 0 Å². The highest BCUT2D eigenvalue weighted by atomic mass is 32.2. The zero-order chi connectivity index (χ0) is 18.4. The summed E-state index contributed by atoms with van der Waals surface area (Å²) in [5.74, 6) is 3.09. The van der Waals surface area contributed by atoms with Gasteiger partial charge in [-0.15, -0.1) is 11.3 Å². The molecule has 1 aromatic rings. The fourth-order valence-electron chi connectivity index (χ4n) is 5.47. The second-order valence-electron chi connectivity index (χ2n) is 8.12. The highest BCUT2D eigenvalue weighted by Gasteiger charge is 2.53. The zero-order valence-corrected chi connectivity index (χ0v) is 17.1. The molecule has 0 unspecified atom stereocenters. The number of aromatic nitrogens is 1. The number of fused-ring (bicyclic) bond motifs is 4. The van der Waals surface area contributed by atoms with Gasteiger partial charge < -0.3 is 14.7 Å². The molecule has 6 nitrogen and oxygen atoms in total. The first kappa shape index (κ1) is 17.8. The van der Waals surface area contributed by atoms with E-state index in [4.69, 9.17) is 0 Å². The lowest BCUT2D eigenvalue weighted by atomic mass is 9.71. The van der Waals surface area contributed by atoms with Gasteiger partial charge in [-0.2, -0.15) is 11.8 Å². The maximum atomic E-state index is 13.5. The normalized spacial score (nSPS) is 33.8. The van der Waals surface area contributed by atoms with Crippen LogP contribution in [0.25, 0.3) is 0 Å². The number of amides is 2. The first-order chi connectivity index (χ1) is 13.2. The van der Waals surface area contributed by atoms with Crippen molar-refractivity contribution in [1.82, 2.24) is 14.8 Å². The summed E-state index contributed by atoms with van der Waals surface area (Å²) in [7, 11) is 0. The van der Waals surface area contributed by atoms with Gasteiger partial charge in [0.15, 0.2) is 5.13 Å². The van der Waals surface area contributed by atoms with Gasteiger partial charge in [-0.3, -0.25) is 9.59 Å². The number of rotatable bonds is 2. The summed E-state index contributed by atoms with van der Waals surface area (Å²) in [6, 6.07) is -0.0525. The Bertz CT molecular complexity index is 707. The number of piperidine rings is 3. The highest BCUT2D eigenvalue weighted by Crippen LogP contribution is 2.43. The third kappa shape index (κ3) is 3.14. The minimum Gasteiger partial charge on any atom is -0.347 e. The average Bonchev–Trinajstić information content (AvgIpc) is 3.24. The van der Waals surface area contributed by atoms with E-state index in [1.54, 1.807) is 11.3 Å². The van der Waals surface area contributed by atoms with E-state index in [0.717, 1.165) is 62.1 Å². The minimum atomic E-state index is -0.273. The summed E-state index contributed by atoms with van der Waals surface area (Å²) in [6.07, 6.45) is 5.52. The van der Waals surface area contributed by atoms with E-state index < -0.39 is 0 Å². The van der Waals surface area contributed by atoms with E-state index in [2.05, 4.69) is 9.88 Å². The van der Waals surface area contributed by atoms with Crippen molar-refractivity contribution < 1.29 is 9.59 Å². The summed E-state index contributed by atoms with van der Waals surface area (Å²) >= 11 is 3.59. The quantitative estimate of drug-likeness (QED) is 0.751. The summed E-state index contributed by atoms with van der Waals surface area (Å²) in [5, 5.41) is 3.07. The lowest BCUT2D eigenvalue weighted by molar-refractivity contribution is -0.161. The standard InChI is InChI=1S/C19H26N4O2S2/c24-16-3-1-2-15-13-10-14(12-22(11-13)19-20-4-7-27-19)17(23(15)16)18(25)21-5-8-26-9-6-21/h4,7,13-15,17H,1-3,5-6,8-12H2/t13-,14+,15-,17+/m0/s1. The lowest BCUT2D eigenvalue weighted by Gasteiger charge is -2.56. The first-order valence-corrected chi connectivity index (χ1v) is 12.1. The Morgan fingerprint density at radius 3 is 2.78 bits per heavy atom. The molecule has 5 rings (SSSR count). The van der Waals surface area contributed by atoms with Crippen molar-refractivity contribution in [3.8, 4) is 0 Å². The summed E-state index contributed by atoms with van der Waals surface area (Å²) in [5.41, 5.74) is 0. The van der Waals surface area contributed by atoms with Gasteiger partial charge in [-0.05, 0) is 25.2 Å². The third-order valence-corrected chi connectivity index (χ3v) is 8.38. The molecule has 1 aromatic heterocycles. The monoisotopic (exact) mass is 406 g/mol. The fourth-order valence-corrected chi connectivity index (χ4v) is 7.04. The molecule has 2 amide bonds. The van der Waals surface area contributed by atoms with Crippen LogP contribution in [0.5, 0.6) is 0 Å². The van der Waals surface area contributed by atoms with Gasteiger partial charge in [-0.25, -0.2) is 4.98 Å². The molecular formula is C19H26N4O2S2. The molecule has 4 aliphatic rings. The maximum Gasteiger partial charge on any atom is 0.245 e. The summed E-state index contributed by atoms with van der Waals surface area (Å²) in [6.45, 7) is 3.43. The molecule has 4 fully saturated rings. The number of carbonyl (C=O) groups is 2. The van der Waals surface area contributed by atoms with E-state index in [9.17, 15) is 9.59 Å². The Morgan fingerprint density at radius 2 is 2.00 bits per heavy atom. The van der Waals surface area contributed by atoms with Crippen LogP contribution in [0.3, 0.4) is 0 Å². The van der Waals surface area contributed by atoms with Gasteiger partial charge in [0.1, 0.15) is 6.04 Å². The largest absolute Gasteiger partial charge is 0.347 e. The number of carbonyl (C=O) groups excluding carboxylic acids is 2. The number of thioether (sulfide) groups is 1. The van der Waals surface area contributed by atoms with Gasteiger partial charge in [-0.1, -0.05) is 0 Å². The molecule has 146 valence electrons. The van der Waals surface area contributed by atoms with Crippen molar-refractivity contribution in [2.75, 3.05) is 42.6 Å². The molecule has 0 N–H and O–H groups in total. The van der Waals surface area contributed by atoms with Crippen LogP contribution in [0.4, 0.5) is 5.13 Å². The van der Waals surface area contributed by atoms with Crippen LogP contribution in [0.1, 0.15) is 25.7 Å². The molecule has 27 heavy (non-hydrogen) atoms. The Labute approximate surface area is 168 Å². The number of anilines is 1. The second kappa shape index (κ2) is 7.28. The van der Waals surface area contributed by atoms with Crippen molar-refractivity contribution in [2.45, 2.75) is 37.8 Å². The van der Waals surface area contributed by atoms with Crippen molar-refractivity contribution in [1.29, 1.82) is 0 Å². The number of hydrogen-bond donors (Lipinski definition) is 0. The molecule has 0 saturated carbocycles. The van der Waals surface area contributed by atoms with E-state index in [1.807, 2.05) is 33.1 Å². The van der Waals surface area contributed by atoms with Crippen LogP contribution >= 0.6 is 23.1 Å². The topological polar surface area (TPSA) is 56.8 Å². The number of nitrogens with zero attached hydrogens (tertiary/aromatic N) is 4. The molecule has 0 radical (unpaired) electrons. The van der Waals surface area contributed by atoms with Crippen LogP contribution < -0.4 is 4.90 Å². The van der Waals surface area contributed by atoms with Crippen LogP contribution in [-0.2, 0) is 9.59 Å². The van der Waals surface area contributed by atoms with E-state index >= 15 is 0 Å². The second-order valence-corrected chi connectivity index (χ2v) is 10.2. The molecule has 0 aromatic carbocycles. The smallest absolute Gasteiger partial charge is 0.245 e. The average molecular weight is 407 g/mol. The summed E-state index contributed by atoms with van der Waals surface area (Å²) in [4.78, 5) is 37.4. The zero-order valence-electron chi connectivity index (χ0n) is 15.5. The first-order valence-electron chi connectivity index (χ1n) is 10.0. The van der Waals surface area contributed by atoms with Crippen LogP contribution in [0.15, 0.2) is 11.6 Å². The molecule has 5 heterocycles. The van der Waals surface area contributed by atoms with E-state index in [1.165, 1.54) is 0 Å². The van der Waals surface area contributed by atoms with Gasteiger partial charge in [0.2, 0.25) is 11.8 Å². The van der Waals surface area contributed by atoms with Crippen LogP contribution in [-0.4, -0.2) is 76.4 Å². The number of hydrogen-bond acceptors (Lipinski definition) is 6. The van der Waals surface area contributed by atoms with Crippen molar-refractivity contribution in [2.24, 2.45) is 11.8 Å². The molecule has 4 aliphatic heterocycles. The van der Waals surface area contributed by atoms with Crippen LogP contribution in [0, 0.1) is 11.8 Å². The molecule has 0 aliphatic carbocycles. The van der Waals surface area contributed by atoms with Gasteiger partial charge in [0.25, 0.3) is 0 Å². The van der Waals surface area contributed by atoms with E-state index in [-0.39, 0.29) is 29.8 Å². The lowest BCUT2D eigenvalue weighted by Crippen LogP contribution is -2.69. The highest BCUT2D eigenvalue weighted by molar-refractivity contribution is 7.99. The molecule has 0 spiro atoms. The Kier molecular flexibility index (Phi) is 4.80. The molecule has 4 saturated heterocycles. The molecule has 4 atom stereocenters. The van der Waals surface area contributed by atoms with Crippen molar-refractivity contribution >= 4 is 40.0 Å². The predicted octanol–water partition coefficient (Wildman–Crippen LogP) is 1.92. The van der Waals surface area contributed by atoms with E-state index in [0.29, 0.717) is 12.3 Å². The SMILES string of the molecule is O=C([C@H]1[C@@H]2C[C@@H](CN(c3nccs3)C2)[C@@H]2CCCC(=O)N21)N1CCSCC1. The van der Waals surface area contributed by atoms with Crippen molar-refractivity contribution in [3.05, 3.63) is 11.6 Å². The third-order valence-electron chi connectivity index (χ3n) is 6.61. The Balaban J connectivity index is 1.46. The van der Waals surface area contributed by atoms with Crippen molar-refractivity contribution in [3.63, 3.8) is 0 Å². The molecule has 8 heteroatoms. The maximum absolute atomic E-state index is 13.5. The molecular weight excluding hydrogens is 380 g/mol. The summed E-state index contributed by atoms with van der Waals surface area (Å²) < 4.78 is 0. The predicted molar refractivity (Wildman–Crippen MR) is 108 cm³/mol. The van der Waals surface area contributed by atoms with Gasteiger partial charge in [0, 0.05) is 67.6 Å². The van der Waals surface area contributed by atoms with Crippen LogP contribution in [0.2, 0.25) is 0 Å². The minimum absolute atomic E-state index is 0.194. The van der Waals surface area contributed by atoms with Gasteiger partial charge >= 0.3 is 0 Å². The number of thiazole rings is 1. The molecule has 2 bridgehead atoms.